The number of amides is 2. The van der Waals surface area contributed by atoms with E-state index in [0.29, 0.717) is 11.3 Å². The first-order valence-corrected chi connectivity index (χ1v) is 8.75. The molecule has 2 amide bonds. The minimum atomic E-state index is -0.455. The molecule has 3 rings (SSSR count). The van der Waals surface area contributed by atoms with Crippen molar-refractivity contribution in [2.24, 2.45) is 14.1 Å². The first kappa shape index (κ1) is 19.2. The molecule has 0 saturated heterocycles. The van der Waals surface area contributed by atoms with Gasteiger partial charge in [-0.2, -0.15) is 0 Å². The Bertz CT molecular complexity index is 1160. The average molecular weight is 383 g/mol. The summed E-state index contributed by atoms with van der Waals surface area (Å²) in [5, 5.41) is 6.28. The SMILES string of the molecule is Cn1c(CNC(=O)CCNC(=O)c2ccc3[nH]ccc3c2)cc(=O)n(C)c1=O. The lowest BCUT2D eigenvalue weighted by molar-refractivity contribution is -0.121. The third kappa shape index (κ3) is 4.03. The molecule has 28 heavy (non-hydrogen) atoms. The van der Waals surface area contributed by atoms with Crippen LogP contribution < -0.4 is 21.9 Å². The smallest absolute Gasteiger partial charge is 0.330 e. The number of carbonyl (C=O) groups is 2. The normalized spacial score (nSPS) is 10.8. The maximum absolute atomic E-state index is 12.2. The van der Waals surface area contributed by atoms with E-state index in [2.05, 4.69) is 15.6 Å². The van der Waals surface area contributed by atoms with Crippen LogP contribution in [0.3, 0.4) is 0 Å². The minimum absolute atomic E-state index is 0.0543. The van der Waals surface area contributed by atoms with Gasteiger partial charge in [0, 0.05) is 61.5 Å². The van der Waals surface area contributed by atoms with Gasteiger partial charge in [0.2, 0.25) is 5.91 Å². The highest BCUT2D eigenvalue weighted by molar-refractivity contribution is 5.98. The molecule has 0 radical (unpaired) electrons. The van der Waals surface area contributed by atoms with Crippen LogP contribution in [0, 0.1) is 0 Å². The number of carbonyl (C=O) groups excluding carboxylic acids is 2. The number of fused-ring (bicyclic) bond motifs is 1. The number of hydrogen-bond donors (Lipinski definition) is 3. The van der Waals surface area contributed by atoms with Crippen LogP contribution in [0.25, 0.3) is 10.9 Å². The molecule has 3 aromatic rings. The molecule has 0 fully saturated rings. The second-order valence-corrected chi connectivity index (χ2v) is 6.44. The summed E-state index contributed by atoms with van der Waals surface area (Å²) in [4.78, 5) is 50.8. The Balaban J connectivity index is 1.50. The Morgan fingerprint density at radius 2 is 1.82 bits per heavy atom. The van der Waals surface area contributed by atoms with Crippen LogP contribution in [0.15, 0.2) is 46.1 Å². The fourth-order valence-electron chi connectivity index (χ4n) is 2.81. The number of aromatic nitrogens is 3. The van der Waals surface area contributed by atoms with Crippen LogP contribution in [-0.4, -0.2) is 32.5 Å². The van der Waals surface area contributed by atoms with Gasteiger partial charge in [-0.1, -0.05) is 0 Å². The van der Waals surface area contributed by atoms with Crippen molar-refractivity contribution < 1.29 is 9.59 Å². The molecule has 0 aliphatic heterocycles. The minimum Gasteiger partial charge on any atom is -0.361 e. The van der Waals surface area contributed by atoms with E-state index in [9.17, 15) is 19.2 Å². The van der Waals surface area contributed by atoms with Crippen LogP contribution in [0.5, 0.6) is 0 Å². The highest BCUT2D eigenvalue weighted by Crippen LogP contribution is 2.14. The van der Waals surface area contributed by atoms with E-state index in [1.165, 1.54) is 24.7 Å². The fraction of sp³-hybridized carbons (Fsp3) is 0.263. The predicted molar refractivity (Wildman–Crippen MR) is 104 cm³/mol. The molecule has 2 aromatic heterocycles. The molecule has 9 heteroatoms. The second kappa shape index (κ2) is 7.95. The van der Waals surface area contributed by atoms with Crippen molar-refractivity contribution in [3.63, 3.8) is 0 Å². The maximum Gasteiger partial charge on any atom is 0.330 e. The summed E-state index contributed by atoms with van der Waals surface area (Å²) in [6.07, 6.45) is 1.88. The van der Waals surface area contributed by atoms with E-state index in [0.717, 1.165) is 15.5 Å². The molecule has 0 aliphatic rings. The van der Waals surface area contributed by atoms with Gasteiger partial charge in [-0.15, -0.1) is 0 Å². The van der Waals surface area contributed by atoms with Crippen molar-refractivity contribution in [1.29, 1.82) is 0 Å². The Hall–Kier alpha value is -3.62. The van der Waals surface area contributed by atoms with Crippen LogP contribution >= 0.6 is 0 Å². The van der Waals surface area contributed by atoms with Crippen molar-refractivity contribution in [3.8, 4) is 0 Å². The Kier molecular flexibility index (Phi) is 5.44. The van der Waals surface area contributed by atoms with Gasteiger partial charge in [-0.3, -0.25) is 23.5 Å². The van der Waals surface area contributed by atoms with Crippen molar-refractivity contribution >= 4 is 22.7 Å². The van der Waals surface area contributed by atoms with Crippen LogP contribution in [0.1, 0.15) is 22.5 Å². The van der Waals surface area contributed by atoms with Gasteiger partial charge >= 0.3 is 5.69 Å². The van der Waals surface area contributed by atoms with Gasteiger partial charge in [0.25, 0.3) is 11.5 Å². The van der Waals surface area contributed by atoms with Gasteiger partial charge in [-0.25, -0.2) is 4.79 Å². The van der Waals surface area contributed by atoms with E-state index in [1.807, 2.05) is 12.1 Å². The summed E-state index contributed by atoms with van der Waals surface area (Å²) in [5.41, 5.74) is 0.983. The van der Waals surface area contributed by atoms with Crippen molar-refractivity contribution in [2.45, 2.75) is 13.0 Å². The van der Waals surface area contributed by atoms with E-state index >= 15 is 0 Å². The van der Waals surface area contributed by atoms with Gasteiger partial charge in [0.15, 0.2) is 0 Å². The molecule has 2 heterocycles. The van der Waals surface area contributed by atoms with Crippen LogP contribution in [-0.2, 0) is 25.4 Å². The first-order chi connectivity index (χ1) is 13.4. The van der Waals surface area contributed by atoms with Gasteiger partial charge in [-0.05, 0) is 24.3 Å². The summed E-state index contributed by atoms with van der Waals surface area (Å²) in [6.45, 7) is 0.226. The average Bonchev–Trinajstić information content (AvgIpc) is 3.15. The van der Waals surface area contributed by atoms with Crippen LogP contribution in [0.2, 0.25) is 0 Å². The summed E-state index contributed by atoms with van der Waals surface area (Å²) >= 11 is 0. The standard InChI is InChI=1S/C19H21N5O4/c1-23-14(10-17(26)24(2)19(23)28)11-22-16(25)6-8-21-18(27)13-3-4-15-12(9-13)5-7-20-15/h3-5,7,9-10,20H,6,8,11H2,1-2H3,(H,21,27)(H,22,25). The van der Waals surface area contributed by atoms with Crippen molar-refractivity contribution in [2.75, 3.05) is 6.54 Å². The lowest BCUT2D eigenvalue weighted by atomic mass is 10.1. The van der Waals surface area contributed by atoms with Gasteiger partial charge in [0.05, 0.1) is 6.54 Å². The number of rotatable bonds is 6. The summed E-state index contributed by atoms with van der Waals surface area (Å²) < 4.78 is 2.30. The van der Waals surface area contributed by atoms with Gasteiger partial charge in [0.1, 0.15) is 0 Å². The number of aromatic amines is 1. The molecular weight excluding hydrogens is 362 g/mol. The molecule has 0 aliphatic carbocycles. The van der Waals surface area contributed by atoms with E-state index < -0.39 is 11.2 Å². The summed E-state index contributed by atoms with van der Waals surface area (Å²) in [7, 11) is 2.92. The second-order valence-electron chi connectivity index (χ2n) is 6.44. The Morgan fingerprint density at radius 3 is 2.61 bits per heavy atom. The maximum atomic E-state index is 12.2. The third-order valence-electron chi connectivity index (χ3n) is 4.55. The number of H-pyrrole nitrogens is 1. The number of benzene rings is 1. The zero-order valence-electron chi connectivity index (χ0n) is 15.6. The largest absolute Gasteiger partial charge is 0.361 e. The lowest BCUT2D eigenvalue weighted by Gasteiger charge is -2.11. The molecule has 9 nitrogen and oxygen atoms in total. The number of hydrogen-bond acceptors (Lipinski definition) is 4. The third-order valence-corrected chi connectivity index (χ3v) is 4.55. The number of nitrogens with zero attached hydrogens (tertiary/aromatic N) is 2. The molecule has 3 N–H and O–H groups in total. The molecule has 0 bridgehead atoms. The lowest BCUT2D eigenvalue weighted by Crippen LogP contribution is -2.39. The zero-order chi connectivity index (χ0) is 20.3. The quantitative estimate of drug-likeness (QED) is 0.555. The Morgan fingerprint density at radius 1 is 1.04 bits per heavy atom. The fourth-order valence-corrected chi connectivity index (χ4v) is 2.81. The summed E-state index contributed by atoms with van der Waals surface area (Å²) in [6, 6.07) is 8.50. The summed E-state index contributed by atoms with van der Waals surface area (Å²) in [5.74, 6) is -0.556. The van der Waals surface area contributed by atoms with E-state index in [4.69, 9.17) is 0 Å². The van der Waals surface area contributed by atoms with Crippen LogP contribution in [0.4, 0.5) is 0 Å². The molecule has 1 aromatic carbocycles. The number of nitrogens with one attached hydrogen (secondary N) is 3. The topological polar surface area (TPSA) is 118 Å². The van der Waals surface area contributed by atoms with Gasteiger partial charge < -0.3 is 15.6 Å². The molecule has 0 saturated carbocycles. The predicted octanol–water partition coefficient (Wildman–Crippen LogP) is 0.00160. The monoisotopic (exact) mass is 383 g/mol. The highest BCUT2D eigenvalue weighted by atomic mass is 16.2. The highest BCUT2D eigenvalue weighted by Gasteiger charge is 2.10. The zero-order valence-corrected chi connectivity index (χ0v) is 15.6. The molecule has 0 spiro atoms. The molecule has 0 atom stereocenters. The molecular formula is C19H21N5O4. The van der Waals surface area contributed by atoms with E-state index in [-0.39, 0.29) is 31.3 Å². The Labute approximate surface area is 160 Å². The van der Waals surface area contributed by atoms with Crippen molar-refractivity contribution in [3.05, 3.63) is 68.6 Å². The van der Waals surface area contributed by atoms with Crippen molar-refractivity contribution in [1.82, 2.24) is 24.8 Å². The first-order valence-electron chi connectivity index (χ1n) is 8.75. The molecule has 0 unspecified atom stereocenters. The molecule has 146 valence electrons. The van der Waals surface area contributed by atoms with E-state index in [1.54, 1.807) is 18.3 Å².